The van der Waals surface area contributed by atoms with Crippen molar-refractivity contribution in [3.63, 3.8) is 0 Å². The van der Waals surface area contributed by atoms with Gasteiger partial charge in [0.1, 0.15) is 11.6 Å². The Balaban J connectivity index is 1.96. The van der Waals surface area contributed by atoms with Gasteiger partial charge in [0.2, 0.25) is 0 Å². The molecule has 0 radical (unpaired) electrons. The molecule has 4 heteroatoms. The van der Waals surface area contributed by atoms with Crippen LogP contribution in [0, 0.1) is 5.82 Å². The fourth-order valence-corrected chi connectivity index (χ4v) is 1.52. The molecule has 1 aromatic heterocycles. The summed E-state index contributed by atoms with van der Waals surface area (Å²) in [5.41, 5.74) is 1.46. The summed E-state index contributed by atoms with van der Waals surface area (Å²) in [5.74, 6) is -0.257. The highest BCUT2D eigenvalue weighted by Gasteiger charge is 2.06. The molecular formula is C13H11FN2O. The molecule has 0 atom stereocenters. The Bertz CT molecular complexity index is 497. The summed E-state index contributed by atoms with van der Waals surface area (Å²) in [6.45, 7) is 0. The lowest BCUT2D eigenvalue weighted by Gasteiger charge is -2.00. The third-order valence-electron chi connectivity index (χ3n) is 2.32. The van der Waals surface area contributed by atoms with Crippen LogP contribution in [-0.4, -0.2) is 16.0 Å². The normalized spacial score (nSPS) is 10.2. The maximum absolute atomic E-state index is 12.7. The zero-order valence-corrected chi connectivity index (χ0v) is 9.14. The summed E-state index contributed by atoms with van der Waals surface area (Å²) in [5, 5.41) is 7.55. The van der Waals surface area contributed by atoms with E-state index < -0.39 is 0 Å². The number of hydrogen-bond donors (Lipinski definition) is 0. The third kappa shape index (κ3) is 3.45. The van der Waals surface area contributed by atoms with Crippen molar-refractivity contribution in [3.05, 3.63) is 59.7 Å². The molecule has 0 aliphatic rings. The number of carbonyl (C=O) groups is 1. The Morgan fingerprint density at radius 3 is 2.53 bits per heavy atom. The number of Topliss-reactive ketones (excluding diaryl/α,β-unsaturated/α-hetero) is 1. The van der Waals surface area contributed by atoms with Gasteiger partial charge in [0.25, 0.3) is 0 Å². The minimum Gasteiger partial charge on any atom is -0.299 e. The highest BCUT2D eigenvalue weighted by molar-refractivity contribution is 5.82. The van der Waals surface area contributed by atoms with Gasteiger partial charge in [-0.05, 0) is 29.8 Å². The standard InChI is InChI=1S/C13H11FN2O/c14-11-5-3-10(4-6-11)8-13(17)9-12-2-1-7-15-16-12/h1-7H,8-9H2. The van der Waals surface area contributed by atoms with Crippen molar-refractivity contribution in [1.82, 2.24) is 10.2 Å². The number of carbonyl (C=O) groups excluding carboxylic acids is 1. The number of aromatic nitrogens is 2. The van der Waals surface area contributed by atoms with E-state index in [0.29, 0.717) is 5.69 Å². The van der Waals surface area contributed by atoms with Crippen molar-refractivity contribution < 1.29 is 9.18 Å². The highest BCUT2D eigenvalue weighted by atomic mass is 19.1. The predicted molar refractivity (Wildman–Crippen MR) is 60.8 cm³/mol. The van der Waals surface area contributed by atoms with Gasteiger partial charge in [0, 0.05) is 12.6 Å². The van der Waals surface area contributed by atoms with Crippen molar-refractivity contribution in [1.29, 1.82) is 0 Å². The Morgan fingerprint density at radius 2 is 1.88 bits per heavy atom. The zero-order valence-electron chi connectivity index (χ0n) is 9.14. The molecule has 0 saturated carbocycles. The number of benzene rings is 1. The molecule has 0 fully saturated rings. The lowest BCUT2D eigenvalue weighted by molar-refractivity contribution is -0.117. The van der Waals surface area contributed by atoms with Crippen LogP contribution >= 0.6 is 0 Å². The average molecular weight is 230 g/mol. The van der Waals surface area contributed by atoms with E-state index in [4.69, 9.17) is 0 Å². The lowest BCUT2D eigenvalue weighted by atomic mass is 10.1. The van der Waals surface area contributed by atoms with Crippen LogP contribution in [-0.2, 0) is 17.6 Å². The first-order chi connectivity index (χ1) is 8.24. The predicted octanol–water partition coefficient (Wildman–Crippen LogP) is 1.97. The van der Waals surface area contributed by atoms with E-state index in [-0.39, 0.29) is 24.4 Å². The molecule has 86 valence electrons. The summed E-state index contributed by atoms with van der Waals surface area (Å²) >= 11 is 0. The van der Waals surface area contributed by atoms with Crippen LogP contribution in [0.5, 0.6) is 0 Å². The van der Waals surface area contributed by atoms with Gasteiger partial charge in [-0.2, -0.15) is 10.2 Å². The molecule has 0 saturated heterocycles. The maximum Gasteiger partial charge on any atom is 0.143 e. The van der Waals surface area contributed by atoms with Crippen LogP contribution in [0.1, 0.15) is 11.3 Å². The lowest BCUT2D eigenvalue weighted by Crippen LogP contribution is -2.08. The second kappa shape index (κ2) is 5.30. The van der Waals surface area contributed by atoms with Gasteiger partial charge >= 0.3 is 0 Å². The van der Waals surface area contributed by atoms with Crippen LogP contribution in [0.25, 0.3) is 0 Å². The Morgan fingerprint density at radius 1 is 1.12 bits per heavy atom. The first-order valence-electron chi connectivity index (χ1n) is 5.27. The van der Waals surface area contributed by atoms with Crippen molar-refractivity contribution in [2.45, 2.75) is 12.8 Å². The van der Waals surface area contributed by atoms with Crippen molar-refractivity contribution in [2.24, 2.45) is 0 Å². The van der Waals surface area contributed by atoms with E-state index >= 15 is 0 Å². The Hall–Kier alpha value is -2.10. The number of halogens is 1. The van der Waals surface area contributed by atoms with Gasteiger partial charge in [-0.25, -0.2) is 4.39 Å². The van der Waals surface area contributed by atoms with Crippen molar-refractivity contribution >= 4 is 5.78 Å². The Kier molecular flexibility index (Phi) is 3.55. The minimum atomic E-state index is -0.296. The number of rotatable bonds is 4. The molecule has 2 rings (SSSR count). The summed E-state index contributed by atoms with van der Waals surface area (Å²) in [6.07, 6.45) is 2.11. The topological polar surface area (TPSA) is 42.9 Å². The molecule has 0 bridgehead atoms. The first-order valence-corrected chi connectivity index (χ1v) is 5.27. The van der Waals surface area contributed by atoms with Gasteiger partial charge < -0.3 is 0 Å². The van der Waals surface area contributed by atoms with E-state index in [2.05, 4.69) is 10.2 Å². The molecule has 0 aliphatic heterocycles. The third-order valence-corrected chi connectivity index (χ3v) is 2.32. The summed E-state index contributed by atoms with van der Waals surface area (Å²) < 4.78 is 12.7. The average Bonchev–Trinajstić information content (AvgIpc) is 2.33. The van der Waals surface area contributed by atoms with E-state index in [1.807, 2.05) is 0 Å². The highest BCUT2D eigenvalue weighted by Crippen LogP contribution is 2.05. The molecule has 0 N–H and O–H groups in total. The van der Waals surface area contributed by atoms with Crippen LogP contribution in [0.15, 0.2) is 42.6 Å². The SMILES string of the molecule is O=C(Cc1ccc(F)cc1)Cc1cccnn1. The van der Waals surface area contributed by atoms with Gasteiger partial charge in [-0.3, -0.25) is 4.79 Å². The molecule has 0 aliphatic carbocycles. The summed E-state index contributed by atoms with van der Waals surface area (Å²) in [4.78, 5) is 11.7. The fourth-order valence-electron chi connectivity index (χ4n) is 1.52. The van der Waals surface area contributed by atoms with E-state index in [1.54, 1.807) is 30.5 Å². The van der Waals surface area contributed by atoms with Crippen molar-refractivity contribution in [3.8, 4) is 0 Å². The minimum absolute atomic E-state index is 0.0390. The Labute approximate surface area is 98.3 Å². The smallest absolute Gasteiger partial charge is 0.143 e. The van der Waals surface area contributed by atoms with Crippen LogP contribution < -0.4 is 0 Å². The molecule has 0 unspecified atom stereocenters. The van der Waals surface area contributed by atoms with Crippen LogP contribution in [0.2, 0.25) is 0 Å². The van der Waals surface area contributed by atoms with Crippen LogP contribution in [0.4, 0.5) is 4.39 Å². The van der Waals surface area contributed by atoms with Gasteiger partial charge in [-0.15, -0.1) is 0 Å². The molecule has 0 amide bonds. The molecule has 0 spiro atoms. The van der Waals surface area contributed by atoms with Gasteiger partial charge in [0.15, 0.2) is 0 Å². The summed E-state index contributed by atoms with van der Waals surface area (Å²) in [7, 11) is 0. The number of ketones is 1. The molecule has 3 nitrogen and oxygen atoms in total. The van der Waals surface area contributed by atoms with Crippen molar-refractivity contribution in [2.75, 3.05) is 0 Å². The van der Waals surface area contributed by atoms with E-state index in [9.17, 15) is 9.18 Å². The molecule has 1 aromatic carbocycles. The molecule has 17 heavy (non-hydrogen) atoms. The summed E-state index contributed by atoms with van der Waals surface area (Å²) in [6, 6.07) is 9.44. The molecular weight excluding hydrogens is 219 g/mol. The monoisotopic (exact) mass is 230 g/mol. The molecule has 1 heterocycles. The second-order valence-corrected chi connectivity index (χ2v) is 3.73. The van der Waals surface area contributed by atoms with Gasteiger partial charge in [0.05, 0.1) is 12.1 Å². The first kappa shape index (κ1) is 11.4. The van der Waals surface area contributed by atoms with Crippen LogP contribution in [0.3, 0.4) is 0 Å². The molecule has 2 aromatic rings. The maximum atomic E-state index is 12.7. The second-order valence-electron chi connectivity index (χ2n) is 3.73. The fraction of sp³-hybridized carbons (Fsp3) is 0.154. The largest absolute Gasteiger partial charge is 0.299 e. The van der Waals surface area contributed by atoms with Gasteiger partial charge in [-0.1, -0.05) is 12.1 Å². The quantitative estimate of drug-likeness (QED) is 0.806. The number of hydrogen-bond acceptors (Lipinski definition) is 3. The van der Waals surface area contributed by atoms with E-state index in [1.165, 1.54) is 12.1 Å². The number of nitrogens with zero attached hydrogens (tertiary/aromatic N) is 2. The zero-order chi connectivity index (χ0) is 12.1. The van der Waals surface area contributed by atoms with E-state index in [0.717, 1.165) is 5.56 Å².